The van der Waals surface area contributed by atoms with E-state index in [1.165, 1.54) is 225 Å². The van der Waals surface area contributed by atoms with Gasteiger partial charge in [0.25, 0.3) is 0 Å². The summed E-state index contributed by atoms with van der Waals surface area (Å²) in [7, 11) is 4.70. The molecule has 0 aromatic heterocycles. The third-order valence-electron chi connectivity index (χ3n) is 10.6. The van der Waals surface area contributed by atoms with Gasteiger partial charge in [-0.05, 0) is 33.4 Å². The molecule has 0 radical (unpaired) electrons. The second kappa shape index (κ2) is 33.8. The van der Waals surface area contributed by atoms with Gasteiger partial charge < -0.3 is 4.90 Å². The second-order valence-electron chi connectivity index (χ2n) is 14.6. The Morgan fingerprint density at radius 1 is 0.286 bits per heavy atom. The molecule has 0 rings (SSSR count). The van der Waals surface area contributed by atoms with Gasteiger partial charge in [-0.1, -0.05) is 226 Å². The maximum atomic E-state index is 2.59. The van der Waals surface area contributed by atoms with Crippen molar-refractivity contribution in [3.8, 4) is 0 Å². The first-order valence-corrected chi connectivity index (χ1v) is 20.3. The molecule has 0 N–H and O–H groups in total. The molecule has 0 aliphatic rings. The smallest absolute Gasteiger partial charge is 0.0200 e. The minimum Gasteiger partial charge on any atom is -0.304 e. The van der Waals surface area contributed by atoms with E-state index >= 15 is 0 Å². The summed E-state index contributed by atoms with van der Waals surface area (Å²) in [5.41, 5.74) is 0.450. The molecule has 0 saturated heterocycles. The minimum atomic E-state index is 0.450. The van der Waals surface area contributed by atoms with Gasteiger partial charge in [-0.3, -0.25) is 0 Å². The predicted octanol–water partition coefficient (Wildman–Crippen LogP) is 15.0. The molecule has 1 heteroatoms. The fourth-order valence-electron chi connectivity index (χ4n) is 7.25. The summed E-state index contributed by atoms with van der Waals surface area (Å²) in [6.45, 7) is 7.06. The maximum Gasteiger partial charge on any atom is 0.0200 e. The van der Waals surface area contributed by atoms with E-state index < -0.39 is 0 Å². The van der Waals surface area contributed by atoms with E-state index in [0.717, 1.165) is 0 Å². The lowest BCUT2D eigenvalue weighted by atomic mass is 9.83. The molecule has 0 atom stereocenters. The van der Waals surface area contributed by atoms with Crippen LogP contribution < -0.4 is 0 Å². The zero-order valence-electron chi connectivity index (χ0n) is 30.7. The van der Waals surface area contributed by atoms with Crippen molar-refractivity contribution in [2.24, 2.45) is 0 Å². The van der Waals surface area contributed by atoms with Gasteiger partial charge in [0.2, 0.25) is 0 Å². The summed E-state index contributed by atoms with van der Waals surface area (Å²) in [6.07, 6.45) is 50.9. The first-order valence-electron chi connectivity index (χ1n) is 20.3. The van der Waals surface area contributed by atoms with Gasteiger partial charge in [-0.2, -0.15) is 0 Å². The summed E-state index contributed by atoms with van der Waals surface area (Å²) in [4.78, 5) is 2.59. The molecule has 0 unspecified atom stereocenters. The third-order valence-corrected chi connectivity index (χ3v) is 10.6. The Balaban J connectivity index is 3.63. The minimum absolute atomic E-state index is 0.450. The van der Waals surface area contributed by atoms with Crippen LogP contribution in [0.4, 0.5) is 0 Å². The molecular weight excluding hydrogens is 506 g/mol. The normalized spacial score (nSPS) is 12.1. The quantitative estimate of drug-likeness (QED) is 0.0655. The molecule has 0 bridgehead atoms. The van der Waals surface area contributed by atoms with Crippen molar-refractivity contribution >= 4 is 0 Å². The highest BCUT2D eigenvalue weighted by molar-refractivity contribution is 4.86. The van der Waals surface area contributed by atoms with Crippen LogP contribution in [0.1, 0.15) is 245 Å². The fourth-order valence-corrected chi connectivity index (χ4v) is 7.25. The van der Waals surface area contributed by atoms with Crippen molar-refractivity contribution in [2.75, 3.05) is 14.1 Å². The largest absolute Gasteiger partial charge is 0.304 e. The average molecular weight is 592 g/mol. The van der Waals surface area contributed by atoms with Gasteiger partial charge in [-0.25, -0.2) is 0 Å². The van der Waals surface area contributed by atoms with Crippen LogP contribution in [-0.4, -0.2) is 24.5 Å². The number of rotatable bonds is 36. The highest BCUT2D eigenvalue weighted by Crippen LogP contribution is 2.31. The van der Waals surface area contributed by atoms with E-state index in [2.05, 4.69) is 39.8 Å². The molecule has 0 heterocycles. The predicted molar refractivity (Wildman–Crippen MR) is 195 cm³/mol. The molecule has 0 spiro atoms. The summed E-state index contributed by atoms with van der Waals surface area (Å²) < 4.78 is 0. The standard InChI is InChI=1S/C41H85N/c1-6-9-11-13-15-17-19-21-23-25-27-29-31-33-35-37-39-41(8-3,42(4)5)40-38-36-34-32-30-28-26-24-22-20-18-16-14-12-10-7-2/h6-40H2,1-5H3. The Morgan fingerprint density at radius 3 is 0.643 bits per heavy atom. The molecule has 0 aliphatic carbocycles. The van der Waals surface area contributed by atoms with Crippen molar-refractivity contribution < 1.29 is 0 Å². The van der Waals surface area contributed by atoms with Crippen LogP contribution in [0.5, 0.6) is 0 Å². The Kier molecular flexibility index (Phi) is 33.8. The fraction of sp³-hybridized carbons (Fsp3) is 1.00. The molecule has 0 aromatic carbocycles. The van der Waals surface area contributed by atoms with E-state index in [0.29, 0.717) is 5.54 Å². The molecule has 0 fully saturated rings. The van der Waals surface area contributed by atoms with Crippen molar-refractivity contribution in [1.29, 1.82) is 0 Å². The van der Waals surface area contributed by atoms with Crippen LogP contribution in [0.3, 0.4) is 0 Å². The molecule has 0 aromatic rings. The highest BCUT2D eigenvalue weighted by Gasteiger charge is 2.29. The Labute approximate surface area is 269 Å². The Hall–Kier alpha value is -0.0400. The second-order valence-corrected chi connectivity index (χ2v) is 14.6. The number of nitrogens with zero attached hydrogens (tertiary/aromatic N) is 1. The molecule has 0 amide bonds. The number of unbranched alkanes of at least 4 members (excludes halogenated alkanes) is 30. The lowest BCUT2D eigenvalue weighted by Crippen LogP contribution is -2.43. The van der Waals surface area contributed by atoms with Crippen LogP contribution in [0.25, 0.3) is 0 Å². The third kappa shape index (κ3) is 27.5. The SMILES string of the molecule is CCCCCCCCCCCCCCCCCCC(CC)(CCCCCCCCCCCCCCCCCC)N(C)C. The summed E-state index contributed by atoms with van der Waals surface area (Å²) in [5.74, 6) is 0. The van der Waals surface area contributed by atoms with Gasteiger partial charge >= 0.3 is 0 Å². The van der Waals surface area contributed by atoms with E-state index in [1.807, 2.05) is 0 Å². The zero-order valence-corrected chi connectivity index (χ0v) is 30.7. The molecule has 0 aliphatic heterocycles. The van der Waals surface area contributed by atoms with E-state index in [4.69, 9.17) is 0 Å². The van der Waals surface area contributed by atoms with Gasteiger partial charge in [-0.15, -0.1) is 0 Å². The van der Waals surface area contributed by atoms with Crippen molar-refractivity contribution in [3.63, 3.8) is 0 Å². The molecular formula is C41H85N. The van der Waals surface area contributed by atoms with Gasteiger partial charge in [0, 0.05) is 5.54 Å². The van der Waals surface area contributed by atoms with Crippen LogP contribution in [0, 0.1) is 0 Å². The summed E-state index contributed by atoms with van der Waals surface area (Å²) >= 11 is 0. The van der Waals surface area contributed by atoms with Gasteiger partial charge in [0.1, 0.15) is 0 Å². The first kappa shape index (κ1) is 42.0. The topological polar surface area (TPSA) is 3.24 Å². The zero-order chi connectivity index (χ0) is 30.8. The number of hydrogen-bond acceptors (Lipinski definition) is 1. The van der Waals surface area contributed by atoms with Gasteiger partial charge in [0.15, 0.2) is 0 Å². The van der Waals surface area contributed by atoms with Crippen molar-refractivity contribution in [1.82, 2.24) is 4.90 Å². The maximum absolute atomic E-state index is 2.59. The average Bonchev–Trinajstić information content (AvgIpc) is 2.99. The molecule has 254 valence electrons. The van der Waals surface area contributed by atoms with Crippen LogP contribution in [-0.2, 0) is 0 Å². The van der Waals surface area contributed by atoms with Crippen LogP contribution in [0.15, 0.2) is 0 Å². The number of hydrogen-bond donors (Lipinski definition) is 0. The van der Waals surface area contributed by atoms with E-state index in [-0.39, 0.29) is 0 Å². The van der Waals surface area contributed by atoms with Crippen molar-refractivity contribution in [3.05, 3.63) is 0 Å². The Morgan fingerprint density at radius 2 is 0.476 bits per heavy atom. The molecule has 42 heavy (non-hydrogen) atoms. The summed E-state index contributed by atoms with van der Waals surface area (Å²) in [6, 6.07) is 0. The summed E-state index contributed by atoms with van der Waals surface area (Å²) in [5, 5.41) is 0. The molecule has 1 nitrogen and oxygen atoms in total. The lowest BCUT2D eigenvalue weighted by Gasteiger charge is -2.40. The highest BCUT2D eigenvalue weighted by atomic mass is 15.1. The van der Waals surface area contributed by atoms with E-state index in [1.54, 1.807) is 0 Å². The monoisotopic (exact) mass is 592 g/mol. The molecule has 0 saturated carbocycles. The van der Waals surface area contributed by atoms with Crippen molar-refractivity contribution in [2.45, 2.75) is 251 Å². The first-order chi connectivity index (χ1) is 20.6. The lowest BCUT2D eigenvalue weighted by molar-refractivity contribution is 0.113. The van der Waals surface area contributed by atoms with Crippen LogP contribution in [0.2, 0.25) is 0 Å². The van der Waals surface area contributed by atoms with Gasteiger partial charge in [0.05, 0.1) is 0 Å². The van der Waals surface area contributed by atoms with Crippen LogP contribution >= 0.6 is 0 Å². The van der Waals surface area contributed by atoms with E-state index in [9.17, 15) is 0 Å². The Bertz CT molecular complexity index is 447.